The van der Waals surface area contributed by atoms with Crippen molar-refractivity contribution in [1.29, 1.82) is 0 Å². The maximum absolute atomic E-state index is 11.5. The predicted molar refractivity (Wildman–Crippen MR) is 68.8 cm³/mol. The number of hydrogen-bond acceptors (Lipinski definition) is 3. The first-order chi connectivity index (χ1) is 8.15. The van der Waals surface area contributed by atoms with Crippen molar-refractivity contribution in [3.05, 3.63) is 35.9 Å². The van der Waals surface area contributed by atoms with Gasteiger partial charge in [0.15, 0.2) is 0 Å². The van der Waals surface area contributed by atoms with E-state index in [0.29, 0.717) is 0 Å². The number of esters is 1. The Kier molecular flexibility index (Phi) is 5.70. The van der Waals surface area contributed by atoms with E-state index in [9.17, 15) is 4.79 Å². The highest BCUT2D eigenvalue weighted by atomic mass is 16.5. The summed E-state index contributed by atoms with van der Waals surface area (Å²) in [6.45, 7) is 4.80. The van der Waals surface area contributed by atoms with E-state index in [1.54, 1.807) is 0 Å². The van der Waals surface area contributed by atoms with Crippen molar-refractivity contribution in [2.24, 2.45) is 5.92 Å². The average molecular weight is 235 g/mol. The summed E-state index contributed by atoms with van der Waals surface area (Å²) in [6, 6.07) is 10.0. The van der Waals surface area contributed by atoms with Crippen LogP contribution in [0.4, 0.5) is 0 Å². The Balaban J connectivity index is 2.40. The zero-order valence-corrected chi connectivity index (χ0v) is 10.8. The van der Waals surface area contributed by atoms with Gasteiger partial charge in [-0.2, -0.15) is 0 Å². The van der Waals surface area contributed by atoms with Crippen LogP contribution in [-0.2, 0) is 16.0 Å². The van der Waals surface area contributed by atoms with Crippen LogP contribution in [0.15, 0.2) is 30.3 Å². The fraction of sp³-hybridized carbons (Fsp3) is 0.500. The molecule has 1 aromatic carbocycles. The zero-order valence-electron chi connectivity index (χ0n) is 10.8. The molecule has 0 aliphatic carbocycles. The van der Waals surface area contributed by atoms with Gasteiger partial charge < -0.3 is 10.1 Å². The van der Waals surface area contributed by atoms with Crippen LogP contribution in [0.25, 0.3) is 0 Å². The van der Waals surface area contributed by atoms with E-state index in [1.165, 1.54) is 12.7 Å². The summed E-state index contributed by atoms with van der Waals surface area (Å²) in [5, 5.41) is 3.24. The van der Waals surface area contributed by atoms with Crippen LogP contribution in [0, 0.1) is 5.92 Å². The lowest BCUT2D eigenvalue weighted by molar-refractivity contribution is -0.144. The summed E-state index contributed by atoms with van der Waals surface area (Å²) in [5.41, 5.74) is 1.27. The highest BCUT2D eigenvalue weighted by molar-refractivity contribution is 5.75. The van der Waals surface area contributed by atoms with Crippen LogP contribution in [0.5, 0.6) is 0 Å². The second-order valence-electron chi connectivity index (χ2n) is 4.43. The molecule has 0 saturated carbocycles. The maximum Gasteiger partial charge on any atom is 0.323 e. The topological polar surface area (TPSA) is 38.3 Å². The molecule has 0 unspecified atom stereocenters. The van der Waals surface area contributed by atoms with Gasteiger partial charge in [-0.15, -0.1) is 0 Å². The molecule has 94 valence electrons. The van der Waals surface area contributed by atoms with Gasteiger partial charge in [-0.1, -0.05) is 44.2 Å². The van der Waals surface area contributed by atoms with Crippen LogP contribution < -0.4 is 5.32 Å². The molecule has 0 spiro atoms. The first-order valence-electron chi connectivity index (χ1n) is 6.00. The Morgan fingerprint density at radius 3 is 2.47 bits per heavy atom. The SMILES string of the molecule is COC(=O)[C@@H](NCCc1ccccc1)C(C)C. The number of hydrogen-bond donors (Lipinski definition) is 1. The second kappa shape index (κ2) is 7.07. The summed E-state index contributed by atoms with van der Waals surface area (Å²) in [6.07, 6.45) is 0.918. The minimum absolute atomic E-state index is 0.187. The number of nitrogens with one attached hydrogen (secondary N) is 1. The van der Waals surface area contributed by atoms with Gasteiger partial charge in [-0.3, -0.25) is 4.79 Å². The molecular weight excluding hydrogens is 214 g/mol. The van der Waals surface area contributed by atoms with Gasteiger partial charge in [0, 0.05) is 0 Å². The molecule has 1 atom stereocenters. The molecule has 0 saturated heterocycles. The fourth-order valence-corrected chi connectivity index (χ4v) is 1.73. The first kappa shape index (κ1) is 13.7. The van der Waals surface area contributed by atoms with Crippen molar-refractivity contribution in [2.75, 3.05) is 13.7 Å². The molecule has 3 heteroatoms. The van der Waals surface area contributed by atoms with Crippen molar-refractivity contribution in [3.8, 4) is 0 Å². The number of ether oxygens (including phenoxy) is 1. The largest absolute Gasteiger partial charge is 0.468 e. The average Bonchev–Trinajstić information content (AvgIpc) is 2.34. The van der Waals surface area contributed by atoms with Gasteiger partial charge in [0.05, 0.1) is 7.11 Å². The Labute approximate surface area is 103 Å². The molecule has 1 rings (SSSR count). The van der Waals surface area contributed by atoms with Gasteiger partial charge >= 0.3 is 5.97 Å². The van der Waals surface area contributed by atoms with Gasteiger partial charge in [0.25, 0.3) is 0 Å². The second-order valence-corrected chi connectivity index (χ2v) is 4.43. The number of methoxy groups -OCH3 is 1. The van der Waals surface area contributed by atoms with E-state index < -0.39 is 0 Å². The number of carbonyl (C=O) groups excluding carboxylic acids is 1. The van der Waals surface area contributed by atoms with Gasteiger partial charge in [-0.25, -0.2) is 0 Å². The molecule has 0 fully saturated rings. The lowest BCUT2D eigenvalue weighted by Gasteiger charge is -2.19. The third-order valence-electron chi connectivity index (χ3n) is 2.74. The lowest BCUT2D eigenvalue weighted by atomic mass is 10.0. The number of rotatable bonds is 6. The van der Waals surface area contributed by atoms with E-state index >= 15 is 0 Å². The summed E-state index contributed by atoms with van der Waals surface area (Å²) >= 11 is 0. The Morgan fingerprint density at radius 2 is 1.94 bits per heavy atom. The normalized spacial score (nSPS) is 12.5. The van der Waals surface area contributed by atoms with Crippen LogP contribution in [0.1, 0.15) is 19.4 Å². The number of benzene rings is 1. The molecule has 1 N–H and O–H groups in total. The van der Waals surface area contributed by atoms with Crippen molar-refractivity contribution in [3.63, 3.8) is 0 Å². The smallest absolute Gasteiger partial charge is 0.323 e. The maximum atomic E-state index is 11.5. The van der Waals surface area contributed by atoms with E-state index in [-0.39, 0.29) is 17.9 Å². The van der Waals surface area contributed by atoms with Gasteiger partial charge in [0.2, 0.25) is 0 Å². The van der Waals surface area contributed by atoms with E-state index in [4.69, 9.17) is 4.74 Å². The highest BCUT2D eigenvalue weighted by Crippen LogP contribution is 2.04. The predicted octanol–water partition coefficient (Wildman–Crippen LogP) is 2.02. The molecule has 0 aliphatic heterocycles. The third kappa shape index (κ3) is 4.57. The molecule has 0 heterocycles. The van der Waals surface area contributed by atoms with Crippen LogP contribution >= 0.6 is 0 Å². The van der Waals surface area contributed by atoms with E-state index in [0.717, 1.165) is 13.0 Å². The van der Waals surface area contributed by atoms with Crippen LogP contribution in [-0.4, -0.2) is 25.7 Å². The van der Waals surface area contributed by atoms with Crippen molar-refractivity contribution < 1.29 is 9.53 Å². The quantitative estimate of drug-likeness (QED) is 0.767. The Morgan fingerprint density at radius 1 is 1.29 bits per heavy atom. The molecule has 3 nitrogen and oxygen atoms in total. The van der Waals surface area contributed by atoms with Crippen LogP contribution in [0.3, 0.4) is 0 Å². The molecule has 0 radical (unpaired) electrons. The van der Waals surface area contributed by atoms with Crippen LogP contribution in [0.2, 0.25) is 0 Å². The monoisotopic (exact) mass is 235 g/mol. The summed E-state index contributed by atoms with van der Waals surface area (Å²) in [5.74, 6) is 0.0475. The summed E-state index contributed by atoms with van der Waals surface area (Å²) < 4.78 is 4.77. The third-order valence-corrected chi connectivity index (χ3v) is 2.74. The number of carbonyl (C=O) groups is 1. The lowest BCUT2D eigenvalue weighted by Crippen LogP contribution is -2.42. The fourth-order valence-electron chi connectivity index (χ4n) is 1.73. The molecular formula is C14H21NO2. The van der Waals surface area contributed by atoms with Gasteiger partial charge in [0.1, 0.15) is 6.04 Å². The van der Waals surface area contributed by atoms with Gasteiger partial charge in [-0.05, 0) is 24.4 Å². The molecule has 0 aliphatic rings. The molecule has 17 heavy (non-hydrogen) atoms. The zero-order chi connectivity index (χ0) is 12.7. The molecule has 0 aromatic heterocycles. The molecule has 0 amide bonds. The standard InChI is InChI=1S/C14H21NO2/c1-11(2)13(14(16)17-3)15-10-9-12-7-5-4-6-8-12/h4-8,11,13,15H,9-10H2,1-3H3/t13-/m0/s1. The minimum atomic E-state index is -0.219. The minimum Gasteiger partial charge on any atom is -0.468 e. The first-order valence-corrected chi connectivity index (χ1v) is 6.00. The van der Waals surface area contributed by atoms with Crippen molar-refractivity contribution >= 4 is 5.97 Å². The van der Waals surface area contributed by atoms with E-state index in [1.807, 2.05) is 32.0 Å². The Bertz CT molecular complexity index is 335. The van der Waals surface area contributed by atoms with Crippen molar-refractivity contribution in [2.45, 2.75) is 26.3 Å². The van der Waals surface area contributed by atoms with E-state index in [2.05, 4.69) is 17.4 Å². The molecule has 1 aromatic rings. The Hall–Kier alpha value is -1.35. The highest BCUT2D eigenvalue weighted by Gasteiger charge is 2.21. The van der Waals surface area contributed by atoms with Crippen molar-refractivity contribution in [1.82, 2.24) is 5.32 Å². The summed E-state index contributed by atoms with van der Waals surface area (Å²) in [4.78, 5) is 11.5. The summed E-state index contributed by atoms with van der Waals surface area (Å²) in [7, 11) is 1.43. The molecule has 0 bridgehead atoms.